The zero-order valence-electron chi connectivity index (χ0n) is 18.6. The average molecular weight is 497 g/mol. The number of ether oxygens (including phenoxy) is 1. The summed E-state index contributed by atoms with van der Waals surface area (Å²) >= 11 is 0. The van der Waals surface area contributed by atoms with Crippen LogP contribution in [0.4, 0.5) is 30.6 Å². The molecule has 4 N–H and O–H groups in total. The molecule has 3 aromatic rings. The number of nitrogens with one attached hydrogen (secondary N) is 2. The van der Waals surface area contributed by atoms with E-state index < -0.39 is 37.8 Å². The fourth-order valence-electron chi connectivity index (χ4n) is 3.81. The van der Waals surface area contributed by atoms with Crippen molar-refractivity contribution >= 4 is 27.3 Å². The Balaban J connectivity index is 1.71. The third-order valence-corrected chi connectivity index (χ3v) is 8.16. The Morgan fingerprint density at radius 3 is 2.53 bits per heavy atom. The molecule has 2 unspecified atom stereocenters. The van der Waals surface area contributed by atoms with Crippen molar-refractivity contribution in [3.8, 4) is 11.3 Å². The molecule has 1 aromatic carbocycles. The van der Waals surface area contributed by atoms with E-state index in [1.54, 1.807) is 6.92 Å². The van der Waals surface area contributed by atoms with Crippen molar-refractivity contribution < 1.29 is 26.3 Å². The van der Waals surface area contributed by atoms with Gasteiger partial charge in [0.2, 0.25) is 5.95 Å². The Kier molecular flexibility index (Phi) is 6.02. The van der Waals surface area contributed by atoms with Gasteiger partial charge in [-0.3, -0.25) is 5.10 Å². The van der Waals surface area contributed by atoms with Gasteiger partial charge in [-0.15, -0.1) is 0 Å². The highest BCUT2D eigenvalue weighted by Gasteiger charge is 2.39. The standard InChI is InChI=1S/C21H23F3N6O3S/c1-10-11(2)29-30-18(10)16-9-26-20(28-19(16)25)27-14-6-13(21(22,23)24)7-15(8-14)34(31,32)17-4-5-33-12(17)3/h6-9,12,17H,4-5H2,1-3H3,(H,29,30)(H3,25,26,27,28). The lowest BCUT2D eigenvalue weighted by molar-refractivity contribution is -0.137. The molecule has 1 fully saturated rings. The first-order valence-corrected chi connectivity index (χ1v) is 11.9. The van der Waals surface area contributed by atoms with Crippen LogP contribution in [0.25, 0.3) is 11.3 Å². The molecule has 0 spiro atoms. The predicted molar refractivity (Wildman–Crippen MR) is 119 cm³/mol. The van der Waals surface area contributed by atoms with Crippen molar-refractivity contribution in [2.75, 3.05) is 17.7 Å². The monoisotopic (exact) mass is 496 g/mol. The molecule has 2 atom stereocenters. The first-order chi connectivity index (χ1) is 15.9. The first-order valence-electron chi connectivity index (χ1n) is 10.4. The summed E-state index contributed by atoms with van der Waals surface area (Å²) in [5.41, 5.74) is 7.50. The number of H-pyrrole nitrogens is 1. The van der Waals surface area contributed by atoms with Gasteiger partial charge in [0.1, 0.15) is 11.5 Å². The van der Waals surface area contributed by atoms with Gasteiger partial charge >= 0.3 is 6.18 Å². The molecular formula is C21H23F3N6O3S. The van der Waals surface area contributed by atoms with Crippen LogP contribution in [0.2, 0.25) is 0 Å². The van der Waals surface area contributed by atoms with E-state index in [2.05, 4.69) is 25.5 Å². The van der Waals surface area contributed by atoms with Crippen LogP contribution in [-0.2, 0) is 20.8 Å². The second-order valence-corrected chi connectivity index (χ2v) is 10.3. The number of halogens is 3. The normalized spacial score (nSPS) is 18.9. The van der Waals surface area contributed by atoms with Gasteiger partial charge in [-0.1, -0.05) is 0 Å². The molecule has 4 rings (SSSR count). The summed E-state index contributed by atoms with van der Waals surface area (Å²) in [6.07, 6.45) is -3.79. The molecule has 0 saturated carbocycles. The quantitative estimate of drug-likeness (QED) is 0.486. The highest BCUT2D eigenvalue weighted by atomic mass is 32.2. The van der Waals surface area contributed by atoms with E-state index in [1.165, 1.54) is 6.20 Å². The lowest BCUT2D eigenvalue weighted by atomic mass is 10.1. The topological polar surface area (TPSA) is 136 Å². The molecule has 0 radical (unpaired) electrons. The first kappa shape index (κ1) is 24.0. The van der Waals surface area contributed by atoms with Crippen LogP contribution in [0, 0.1) is 13.8 Å². The molecule has 0 bridgehead atoms. The van der Waals surface area contributed by atoms with Crippen LogP contribution in [0.1, 0.15) is 30.2 Å². The van der Waals surface area contributed by atoms with Gasteiger partial charge in [-0.05, 0) is 51.0 Å². The van der Waals surface area contributed by atoms with Crippen molar-refractivity contribution in [1.82, 2.24) is 20.2 Å². The van der Waals surface area contributed by atoms with Gasteiger partial charge in [0, 0.05) is 24.2 Å². The molecule has 34 heavy (non-hydrogen) atoms. The lowest BCUT2D eigenvalue weighted by Gasteiger charge is -2.18. The molecule has 3 heterocycles. The number of aromatic nitrogens is 4. The van der Waals surface area contributed by atoms with Crippen molar-refractivity contribution in [2.45, 2.75) is 49.6 Å². The maximum absolute atomic E-state index is 13.6. The second kappa shape index (κ2) is 8.55. The number of anilines is 3. The predicted octanol–water partition coefficient (Wildman–Crippen LogP) is 3.78. The van der Waals surface area contributed by atoms with E-state index >= 15 is 0 Å². The number of alkyl halides is 3. The summed E-state index contributed by atoms with van der Waals surface area (Å²) in [7, 11) is -4.08. The molecule has 9 nitrogen and oxygen atoms in total. The van der Waals surface area contributed by atoms with Gasteiger partial charge in [0.15, 0.2) is 9.84 Å². The van der Waals surface area contributed by atoms with E-state index in [-0.39, 0.29) is 30.5 Å². The van der Waals surface area contributed by atoms with Crippen LogP contribution in [0.15, 0.2) is 29.3 Å². The minimum Gasteiger partial charge on any atom is -0.383 e. The minimum absolute atomic E-state index is 0.0591. The number of hydrogen-bond acceptors (Lipinski definition) is 8. The third-order valence-electron chi connectivity index (χ3n) is 5.85. The highest BCUT2D eigenvalue weighted by Crippen LogP contribution is 2.36. The summed E-state index contributed by atoms with van der Waals surface area (Å²) in [5, 5.41) is 8.72. The zero-order valence-corrected chi connectivity index (χ0v) is 19.4. The van der Waals surface area contributed by atoms with E-state index in [1.807, 2.05) is 13.8 Å². The fourth-order valence-corrected chi connectivity index (χ4v) is 5.73. The number of sulfone groups is 1. The fraction of sp³-hybridized carbons (Fsp3) is 0.381. The molecule has 0 aliphatic carbocycles. The number of nitrogen functional groups attached to an aromatic ring is 1. The number of nitrogens with zero attached hydrogens (tertiary/aromatic N) is 3. The summed E-state index contributed by atoms with van der Waals surface area (Å²) < 4.78 is 72.2. The molecule has 1 aliphatic heterocycles. The minimum atomic E-state index is -4.77. The summed E-state index contributed by atoms with van der Waals surface area (Å²) in [6, 6.07) is 2.55. The van der Waals surface area contributed by atoms with Gasteiger partial charge in [-0.25, -0.2) is 13.4 Å². The summed E-state index contributed by atoms with van der Waals surface area (Å²) in [4.78, 5) is 7.79. The third kappa shape index (κ3) is 4.44. The molecule has 1 aliphatic rings. The molecule has 2 aromatic heterocycles. The number of hydrogen-bond donors (Lipinski definition) is 3. The van der Waals surface area contributed by atoms with Crippen LogP contribution >= 0.6 is 0 Å². The number of rotatable bonds is 5. The zero-order chi connectivity index (χ0) is 24.8. The van der Waals surface area contributed by atoms with Gasteiger partial charge in [0.05, 0.1) is 27.4 Å². The second-order valence-electron chi connectivity index (χ2n) is 8.13. The van der Waals surface area contributed by atoms with Crippen LogP contribution in [-0.4, -0.2) is 46.5 Å². The molecule has 1 saturated heterocycles. The Morgan fingerprint density at radius 1 is 1.24 bits per heavy atom. The highest BCUT2D eigenvalue weighted by molar-refractivity contribution is 7.92. The molecular weight excluding hydrogens is 473 g/mol. The van der Waals surface area contributed by atoms with Gasteiger partial charge in [-0.2, -0.15) is 23.3 Å². The van der Waals surface area contributed by atoms with Crippen LogP contribution in [0.5, 0.6) is 0 Å². The lowest BCUT2D eigenvalue weighted by Crippen LogP contribution is -2.28. The van der Waals surface area contributed by atoms with E-state index in [4.69, 9.17) is 10.5 Å². The SMILES string of the molecule is Cc1[nH]nc(-c2cnc(Nc3cc(C(F)(F)F)cc(S(=O)(=O)C4CCOC4C)c3)nc2N)c1C. The Hall–Kier alpha value is -3.19. The Morgan fingerprint density at radius 2 is 1.97 bits per heavy atom. The Bertz CT molecular complexity index is 1340. The van der Waals surface area contributed by atoms with Gasteiger partial charge < -0.3 is 15.8 Å². The van der Waals surface area contributed by atoms with Crippen LogP contribution in [0.3, 0.4) is 0 Å². The summed E-state index contributed by atoms with van der Waals surface area (Å²) in [6.45, 7) is 5.50. The van der Waals surface area contributed by atoms with Crippen molar-refractivity contribution in [3.63, 3.8) is 0 Å². The maximum atomic E-state index is 13.6. The maximum Gasteiger partial charge on any atom is 0.416 e. The summed E-state index contributed by atoms with van der Waals surface area (Å²) in [5.74, 6) is -0.0322. The molecule has 182 valence electrons. The smallest absolute Gasteiger partial charge is 0.383 e. The van der Waals surface area contributed by atoms with Crippen molar-refractivity contribution in [3.05, 3.63) is 41.2 Å². The number of aryl methyl sites for hydroxylation is 1. The molecule has 0 amide bonds. The van der Waals surface area contributed by atoms with Crippen molar-refractivity contribution in [1.29, 1.82) is 0 Å². The van der Waals surface area contributed by atoms with E-state index in [0.717, 1.165) is 23.4 Å². The number of aromatic amines is 1. The van der Waals surface area contributed by atoms with Gasteiger partial charge in [0.25, 0.3) is 0 Å². The average Bonchev–Trinajstić information content (AvgIpc) is 3.33. The van der Waals surface area contributed by atoms with E-state index in [0.29, 0.717) is 17.3 Å². The van der Waals surface area contributed by atoms with Crippen molar-refractivity contribution in [2.24, 2.45) is 0 Å². The van der Waals surface area contributed by atoms with Crippen LogP contribution < -0.4 is 11.1 Å². The number of nitrogens with two attached hydrogens (primary N) is 1. The van der Waals surface area contributed by atoms with E-state index in [9.17, 15) is 21.6 Å². The number of benzene rings is 1. The molecule has 13 heteroatoms. The Labute approximate surface area is 193 Å². The largest absolute Gasteiger partial charge is 0.416 e.